The summed E-state index contributed by atoms with van der Waals surface area (Å²) < 4.78 is 11.0. The molecule has 0 saturated carbocycles. The molecule has 6 nitrogen and oxygen atoms in total. The molecule has 2 aromatic rings. The highest BCUT2D eigenvalue weighted by Crippen LogP contribution is 2.27. The topological polar surface area (TPSA) is 75.8 Å². The molecule has 1 saturated heterocycles. The molecule has 0 unspecified atom stereocenters. The van der Waals surface area contributed by atoms with E-state index in [0.717, 1.165) is 5.39 Å². The molecule has 0 spiro atoms. The zero-order chi connectivity index (χ0) is 13.2. The minimum Gasteiger partial charge on any atom is -0.472 e. The van der Waals surface area contributed by atoms with Crippen molar-refractivity contribution in [2.45, 2.75) is 18.9 Å². The molecule has 0 bridgehead atoms. The molecule has 0 atom stereocenters. The van der Waals surface area contributed by atoms with Crippen molar-refractivity contribution < 1.29 is 19.2 Å². The summed E-state index contributed by atoms with van der Waals surface area (Å²) in [6, 6.07) is 7.51. The highest BCUT2D eigenvalue weighted by Gasteiger charge is 2.24. The largest absolute Gasteiger partial charge is 0.472 e. The van der Waals surface area contributed by atoms with Gasteiger partial charge in [-0.05, 0) is 17.3 Å². The van der Waals surface area contributed by atoms with E-state index in [0.29, 0.717) is 37.4 Å². The first-order valence-corrected chi connectivity index (χ1v) is 6.23. The van der Waals surface area contributed by atoms with Crippen LogP contribution >= 0.6 is 0 Å². The van der Waals surface area contributed by atoms with Crippen LogP contribution in [0.15, 0.2) is 28.8 Å². The van der Waals surface area contributed by atoms with E-state index >= 15 is 0 Å². The monoisotopic (exact) mass is 262 g/mol. The molecule has 2 heterocycles. The van der Waals surface area contributed by atoms with E-state index < -0.39 is 6.09 Å². The van der Waals surface area contributed by atoms with Crippen LogP contribution in [0.2, 0.25) is 0 Å². The van der Waals surface area contributed by atoms with E-state index in [1.54, 1.807) is 0 Å². The van der Waals surface area contributed by atoms with Crippen molar-refractivity contribution in [2.75, 3.05) is 13.1 Å². The first-order valence-electron chi connectivity index (χ1n) is 6.23. The van der Waals surface area contributed by atoms with Gasteiger partial charge in [-0.25, -0.2) is 4.79 Å². The van der Waals surface area contributed by atoms with Crippen LogP contribution in [0.25, 0.3) is 11.0 Å². The summed E-state index contributed by atoms with van der Waals surface area (Å²) in [5.41, 5.74) is 0.695. The molecule has 1 aromatic carbocycles. The predicted octanol–water partition coefficient (Wildman–Crippen LogP) is 2.35. The lowest BCUT2D eigenvalue weighted by molar-refractivity contribution is 0.0856. The SMILES string of the molecule is O=C(O)N1CCC(Oc2noc3ccccc23)CC1. The summed E-state index contributed by atoms with van der Waals surface area (Å²) in [6.45, 7) is 0.992. The Kier molecular flexibility index (Phi) is 2.98. The van der Waals surface area contributed by atoms with Crippen molar-refractivity contribution in [3.8, 4) is 5.88 Å². The maximum Gasteiger partial charge on any atom is 0.407 e. The zero-order valence-electron chi connectivity index (χ0n) is 10.3. The lowest BCUT2D eigenvalue weighted by Gasteiger charge is -2.29. The van der Waals surface area contributed by atoms with E-state index in [9.17, 15) is 4.79 Å². The van der Waals surface area contributed by atoms with Crippen LogP contribution < -0.4 is 4.74 Å². The molecular formula is C13H14N2O4. The van der Waals surface area contributed by atoms with E-state index in [-0.39, 0.29) is 6.10 Å². The van der Waals surface area contributed by atoms with E-state index in [1.165, 1.54) is 4.90 Å². The first-order chi connectivity index (χ1) is 9.24. The van der Waals surface area contributed by atoms with Crippen molar-refractivity contribution in [3.05, 3.63) is 24.3 Å². The Labute approximate surface area is 109 Å². The summed E-state index contributed by atoms with van der Waals surface area (Å²) in [7, 11) is 0. The fraction of sp³-hybridized carbons (Fsp3) is 0.385. The summed E-state index contributed by atoms with van der Waals surface area (Å²) in [5.74, 6) is 0.490. The second kappa shape index (κ2) is 4.79. The number of amides is 1. The standard InChI is InChI=1S/C13H14N2O4/c16-13(17)15-7-5-9(6-8-15)18-12-10-3-1-2-4-11(10)19-14-12/h1-4,9H,5-8H2,(H,16,17). The molecule has 6 heteroatoms. The van der Waals surface area contributed by atoms with Gasteiger partial charge in [0.1, 0.15) is 6.10 Å². The number of ether oxygens (including phenoxy) is 1. The number of piperidine rings is 1. The van der Waals surface area contributed by atoms with Gasteiger partial charge in [0.15, 0.2) is 5.58 Å². The molecule has 1 fully saturated rings. The minimum atomic E-state index is -0.870. The van der Waals surface area contributed by atoms with Gasteiger partial charge in [0.2, 0.25) is 0 Å². The number of hydrogen-bond acceptors (Lipinski definition) is 4. The van der Waals surface area contributed by atoms with Crippen molar-refractivity contribution in [2.24, 2.45) is 0 Å². The zero-order valence-corrected chi connectivity index (χ0v) is 10.3. The molecule has 19 heavy (non-hydrogen) atoms. The quantitative estimate of drug-likeness (QED) is 0.899. The number of hydrogen-bond donors (Lipinski definition) is 1. The van der Waals surface area contributed by atoms with Gasteiger partial charge in [-0.15, -0.1) is 0 Å². The van der Waals surface area contributed by atoms with Gasteiger partial charge < -0.3 is 19.3 Å². The number of carbonyl (C=O) groups is 1. The van der Waals surface area contributed by atoms with Crippen LogP contribution in [0.1, 0.15) is 12.8 Å². The van der Waals surface area contributed by atoms with Gasteiger partial charge in [-0.2, -0.15) is 0 Å². The van der Waals surface area contributed by atoms with Gasteiger partial charge >= 0.3 is 6.09 Å². The van der Waals surface area contributed by atoms with Crippen molar-refractivity contribution in [1.82, 2.24) is 10.1 Å². The second-order valence-corrected chi connectivity index (χ2v) is 4.57. The molecular weight excluding hydrogens is 248 g/mol. The normalized spacial score (nSPS) is 16.7. The van der Waals surface area contributed by atoms with Gasteiger partial charge in [0.25, 0.3) is 5.88 Å². The summed E-state index contributed by atoms with van der Waals surface area (Å²) in [4.78, 5) is 12.2. The molecule has 1 aliphatic rings. The predicted molar refractivity (Wildman–Crippen MR) is 67.3 cm³/mol. The molecule has 3 rings (SSSR count). The fourth-order valence-electron chi connectivity index (χ4n) is 2.27. The molecule has 100 valence electrons. The van der Waals surface area contributed by atoms with Gasteiger partial charge in [0, 0.05) is 25.9 Å². The highest BCUT2D eigenvalue weighted by molar-refractivity contribution is 5.81. The third-order valence-corrected chi connectivity index (χ3v) is 3.34. The number of fused-ring (bicyclic) bond motifs is 1. The molecule has 1 aromatic heterocycles. The Hall–Kier alpha value is -2.24. The van der Waals surface area contributed by atoms with E-state index in [1.807, 2.05) is 24.3 Å². The number of carboxylic acid groups (broad SMARTS) is 1. The van der Waals surface area contributed by atoms with Gasteiger partial charge in [-0.3, -0.25) is 0 Å². The number of benzene rings is 1. The molecule has 0 aliphatic carbocycles. The van der Waals surface area contributed by atoms with Crippen LogP contribution in [0.4, 0.5) is 4.79 Å². The van der Waals surface area contributed by atoms with Crippen molar-refractivity contribution >= 4 is 17.1 Å². The smallest absolute Gasteiger partial charge is 0.407 e. The Morgan fingerprint density at radius 3 is 2.84 bits per heavy atom. The number of para-hydroxylation sites is 1. The first kappa shape index (κ1) is 11.8. The minimum absolute atomic E-state index is 0.0101. The van der Waals surface area contributed by atoms with Gasteiger partial charge in [0.05, 0.1) is 5.39 Å². The fourth-order valence-corrected chi connectivity index (χ4v) is 2.27. The summed E-state index contributed by atoms with van der Waals surface area (Å²) in [5, 5.41) is 13.6. The molecule has 1 N–H and O–H groups in total. The Morgan fingerprint density at radius 2 is 2.11 bits per heavy atom. The average Bonchev–Trinajstić information content (AvgIpc) is 2.83. The lowest BCUT2D eigenvalue weighted by atomic mass is 10.1. The number of likely N-dealkylation sites (tertiary alicyclic amines) is 1. The Bertz CT molecular complexity index is 587. The van der Waals surface area contributed by atoms with Crippen LogP contribution in [0.3, 0.4) is 0 Å². The third-order valence-electron chi connectivity index (χ3n) is 3.34. The average molecular weight is 262 g/mol. The summed E-state index contributed by atoms with van der Waals surface area (Å²) in [6.07, 6.45) is 0.468. The third kappa shape index (κ3) is 2.33. The highest BCUT2D eigenvalue weighted by atomic mass is 16.5. The number of rotatable bonds is 2. The van der Waals surface area contributed by atoms with Gasteiger partial charge in [-0.1, -0.05) is 12.1 Å². The van der Waals surface area contributed by atoms with Crippen molar-refractivity contribution in [3.63, 3.8) is 0 Å². The van der Waals surface area contributed by atoms with Crippen LogP contribution in [-0.4, -0.2) is 40.4 Å². The van der Waals surface area contributed by atoms with E-state index in [2.05, 4.69) is 5.16 Å². The maximum atomic E-state index is 10.8. The lowest BCUT2D eigenvalue weighted by Crippen LogP contribution is -2.41. The van der Waals surface area contributed by atoms with E-state index in [4.69, 9.17) is 14.4 Å². The molecule has 1 aliphatic heterocycles. The van der Waals surface area contributed by atoms with Crippen LogP contribution in [-0.2, 0) is 0 Å². The number of nitrogens with zero attached hydrogens (tertiary/aromatic N) is 2. The number of aromatic nitrogens is 1. The maximum absolute atomic E-state index is 10.8. The Morgan fingerprint density at radius 1 is 1.37 bits per heavy atom. The summed E-state index contributed by atoms with van der Waals surface area (Å²) >= 11 is 0. The van der Waals surface area contributed by atoms with Crippen LogP contribution in [0.5, 0.6) is 5.88 Å². The van der Waals surface area contributed by atoms with Crippen molar-refractivity contribution in [1.29, 1.82) is 0 Å². The molecule has 1 amide bonds. The van der Waals surface area contributed by atoms with Crippen LogP contribution in [0, 0.1) is 0 Å². The molecule has 0 radical (unpaired) electrons. The Balaban J connectivity index is 1.68. The second-order valence-electron chi connectivity index (χ2n) is 4.57.